The van der Waals surface area contributed by atoms with Crippen molar-refractivity contribution in [2.24, 2.45) is 5.90 Å². The van der Waals surface area contributed by atoms with Gasteiger partial charge in [-0.3, -0.25) is 9.74 Å². The van der Waals surface area contributed by atoms with Crippen LogP contribution in [0, 0.1) is 0 Å². The van der Waals surface area contributed by atoms with Crippen LogP contribution in [-0.2, 0) is 4.84 Å². The van der Waals surface area contributed by atoms with E-state index in [4.69, 9.17) is 10.7 Å². The van der Waals surface area contributed by atoms with Gasteiger partial charge in [-0.05, 0) is 51.6 Å². The van der Waals surface area contributed by atoms with Crippen LogP contribution in [0.4, 0.5) is 0 Å². The molecule has 0 bridgehead atoms. The van der Waals surface area contributed by atoms with Crippen molar-refractivity contribution in [3.05, 3.63) is 0 Å². The van der Waals surface area contributed by atoms with Gasteiger partial charge in [-0.15, -0.1) is 0 Å². The van der Waals surface area contributed by atoms with Gasteiger partial charge >= 0.3 is 0 Å². The lowest BCUT2D eigenvalue weighted by atomic mass is 9.85. The lowest BCUT2D eigenvalue weighted by Gasteiger charge is -2.38. The first kappa shape index (κ1) is 8.21. The van der Waals surface area contributed by atoms with E-state index in [1.807, 2.05) is 0 Å². The predicted octanol–water partition coefficient (Wildman–Crippen LogP) is 1.04. The predicted molar refractivity (Wildman–Crippen MR) is 50.0 cm³/mol. The van der Waals surface area contributed by atoms with E-state index >= 15 is 0 Å². The minimum Gasteiger partial charge on any atom is -0.296 e. The zero-order valence-electron chi connectivity index (χ0n) is 8.09. The number of hydrogen-bond acceptors (Lipinski definition) is 3. The molecule has 74 valence electrons. The van der Waals surface area contributed by atoms with Crippen LogP contribution < -0.4 is 5.90 Å². The van der Waals surface area contributed by atoms with Crippen LogP contribution in [0.25, 0.3) is 0 Å². The van der Waals surface area contributed by atoms with Crippen LogP contribution in [0.1, 0.15) is 38.5 Å². The Morgan fingerprint density at radius 3 is 2.08 bits per heavy atom. The van der Waals surface area contributed by atoms with Gasteiger partial charge in [-0.1, -0.05) is 0 Å². The normalized spacial score (nSPS) is 34.8. The van der Waals surface area contributed by atoms with Crippen molar-refractivity contribution in [2.75, 3.05) is 13.1 Å². The molecule has 2 saturated heterocycles. The summed E-state index contributed by atoms with van der Waals surface area (Å²) in [5.74, 6) is 5.47. The molecule has 0 spiro atoms. The third-order valence-corrected chi connectivity index (χ3v) is 4.42. The Hall–Kier alpha value is -0.120. The average Bonchev–Trinajstić information content (AvgIpc) is 2.66. The molecule has 3 fully saturated rings. The number of fused-ring (bicyclic) bond motifs is 1. The van der Waals surface area contributed by atoms with Gasteiger partial charge in [0, 0.05) is 0 Å². The van der Waals surface area contributed by atoms with Crippen molar-refractivity contribution in [1.82, 2.24) is 4.90 Å². The summed E-state index contributed by atoms with van der Waals surface area (Å²) in [6.45, 7) is 2.54. The average molecular weight is 182 g/mol. The van der Waals surface area contributed by atoms with Crippen molar-refractivity contribution < 1.29 is 4.84 Å². The zero-order valence-corrected chi connectivity index (χ0v) is 8.09. The molecular formula is C10H18N2O. The first-order chi connectivity index (χ1) is 6.33. The fourth-order valence-corrected chi connectivity index (χ4v) is 3.66. The summed E-state index contributed by atoms with van der Waals surface area (Å²) in [5.41, 5.74) is 0.405. The van der Waals surface area contributed by atoms with E-state index in [2.05, 4.69) is 4.90 Å². The van der Waals surface area contributed by atoms with Gasteiger partial charge in [0.05, 0.1) is 5.54 Å². The minimum absolute atomic E-state index is 0.0556. The fraction of sp³-hybridized carbons (Fsp3) is 1.00. The second-order valence-electron chi connectivity index (χ2n) is 4.84. The summed E-state index contributed by atoms with van der Waals surface area (Å²) >= 11 is 0. The Kier molecular flexibility index (Phi) is 1.56. The lowest BCUT2D eigenvalue weighted by Crippen LogP contribution is -2.52. The van der Waals surface area contributed by atoms with Gasteiger partial charge in [-0.2, -0.15) is 0 Å². The Bertz CT molecular complexity index is 215. The fourth-order valence-electron chi connectivity index (χ4n) is 3.66. The topological polar surface area (TPSA) is 38.5 Å². The monoisotopic (exact) mass is 182 g/mol. The Morgan fingerprint density at radius 1 is 1.00 bits per heavy atom. The summed E-state index contributed by atoms with van der Waals surface area (Å²) in [4.78, 5) is 7.93. The van der Waals surface area contributed by atoms with Gasteiger partial charge in [0.2, 0.25) is 0 Å². The lowest BCUT2D eigenvalue weighted by molar-refractivity contribution is -0.0656. The van der Waals surface area contributed by atoms with E-state index < -0.39 is 0 Å². The summed E-state index contributed by atoms with van der Waals surface area (Å²) in [7, 11) is 0. The van der Waals surface area contributed by atoms with Crippen molar-refractivity contribution >= 4 is 0 Å². The number of hydrogen-bond donors (Lipinski definition) is 1. The Morgan fingerprint density at radius 2 is 1.62 bits per heavy atom. The first-order valence-corrected chi connectivity index (χ1v) is 5.46. The molecule has 1 aliphatic carbocycles. The quantitative estimate of drug-likeness (QED) is 0.648. The molecule has 3 heteroatoms. The Labute approximate surface area is 79.2 Å². The standard InChI is InChI=1S/C10H18N2O/c11-13-10(5-6-10)9-3-1-7-12(9)8-2-4-9/h1-8,11H2. The van der Waals surface area contributed by atoms with E-state index in [0.29, 0.717) is 5.54 Å². The molecular weight excluding hydrogens is 164 g/mol. The number of nitrogens with zero attached hydrogens (tertiary/aromatic N) is 1. The van der Waals surface area contributed by atoms with Crippen molar-refractivity contribution in [2.45, 2.75) is 49.7 Å². The molecule has 0 amide bonds. The van der Waals surface area contributed by atoms with Crippen LogP contribution in [-0.4, -0.2) is 29.1 Å². The zero-order chi connectivity index (χ0) is 8.94. The van der Waals surface area contributed by atoms with Crippen molar-refractivity contribution in [3.8, 4) is 0 Å². The SMILES string of the molecule is NOC1(C23CCCN2CCC3)CC1. The second-order valence-corrected chi connectivity index (χ2v) is 4.84. The molecule has 0 atom stereocenters. The first-order valence-electron chi connectivity index (χ1n) is 5.46. The van der Waals surface area contributed by atoms with Gasteiger partial charge in [0.25, 0.3) is 0 Å². The van der Waals surface area contributed by atoms with Crippen LogP contribution in [0.3, 0.4) is 0 Å². The molecule has 13 heavy (non-hydrogen) atoms. The number of rotatable bonds is 2. The maximum atomic E-state index is 5.47. The van der Waals surface area contributed by atoms with Crippen LogP contribution >= 0.6 is 0 Å². The molecule has 3 aliphatic rings. The van der Waals surface area contributed by atoms with E-state index in [9.17, 15) is 0 Å². The van der Waals surface area contributed by atoms with Crippen LogP contribution in [0.2, 0.25) is 0 Å². The Balaban J connectivity index is 1.93. The summed E-state index contributed by atoms with van der Waals surface area (Å²) in [5, 5.41) is 0. The van der Waals surface area contributed by atoms with Gasteiger partial charge in [0.1, 0.15) is 5.60 Å². The molecule has 0 unspecified atom stereocenters. The van der Waals surface area contributed by atoms with Crippen LogP contribution in [0.15, 0.2) is 0 Å². The molecule has 0 radical (unpaired) electrons. The molecule has 0 aromatic rings. The van der Waals surface area contributed by atoms with E-state index in [1.54, 1.807) is 0 Å². The van der Waals surface area contributed by atoms with Crippen molar-refractivity contribution in [3.63, 3.8) is 0 Å². The molecule has 3 rings (SSSR count). The molecule has 1 saturated carbocycles. The molecule has 2 heterocycles. The largest absolute Gasteiger partial charge is 0.296 e. The third-order valence-electron chi connectivity index (χ3n) is 4.42. The second kappa shape index (κ2) is 2.47. The summed E-state index contributed by atoms with van der Waals surface area (Å²) in [6, 6.07) is 0. The summed E-state index contributed by atoms with van der Waals surface area (Å²) < 4.78 is 0. The molecule has 2 N–H and O–H groups in total. The molecule has 0 aromatic carbocycles. The maximum Gasteiger partial charge on any atom is 0.108 e. The molecule has 2 aliphatic heterocycles. The smallest absolute Gasteiger partial charge is 0.108 e. The highest BCUT2D eigenvalue weighted by atomic mass is 16.6. The van der Waals surface area contributed by atoms with Crippen LogP contribution in [0.5, 0.6) is 0 Å². The van der Waals surface area contributed by atoms with Gasteiger partial charge in [0.15, 0.2) is 0 Å². The molecule has 0 aromatic heterocycles. The van der Waals surface area contributed by atoms with Gasteiger partial charge < -0.3 is 0 Å². The van der Waals surface area contributed by atoms with E-state index in [1.165, 1.54) is 51.6 Å². The number of nitrogens with two attached hydrogens (primary N) is 1. The third kappa shape index (κ3) is 0.853. The van der Waals surface area contributed by atoms with E-state index in [0.717, 1.165) is 0 Å². The highest BCUT2D eigenvalue weighted by Gasteiger charge is 2.65. The van der Waals surface area contributed by atoms with E-state index in [-0.39, 0.29) is 5.60 Å². The molecule has 3 nitrogen and oxygen atoms in total. The maximum absolute atomic E-state index is 5.47. The minimum atomic E-state index is 0.0556. The summed E-state index contributed by atoms with van der Waals surface area (Å²) in [6.07, 6.45) is 7.66. The van der Waals surface area contributed by atoms with Gasteiger partial charge in [-0.25, -0.2) is 5.90 Å². The van der Waals surface area contributed by atoms with Crippen molar-refractivity contribution in [1.29, 1.82) is 0 Å². The highest BCUT2D eigenvalue weighted by Crippen LogP contribution is 2.58. The highest BCUT2D eigenvalue weighted by molar-refractivity contribution is 5.20.